The number of amides is 2. The van der Waals surface area contributed by atoms with Crippen molar-refractivity contribution in [3.05, 3.63) is 53.1 Å². The van der Waals surface area contributed by atoms with E-state index in [-0.39, 0.29) is 0 Å². The van der Waals surface area contributed by atoms with Crippen LogP contribution < -0.4 is 19.6 Å². The highest BCUT2D eigenvalue weighted by Crippen LogP contribution is 2.33. The maximum atomic E-state index is 13.4. The summed E-state index contributed by atoms with van der Waals surface area (Å²) >= 11 is 0. The zero-order valence-corrected chi connectivity index (χ0v) is 21.8. The van der Waals surface area contributed by atoms with Crippen LogP contribution in [0.1, 0.15) is 62.6 Å². The Morgan fingerprint density at radius 3 is 2.18 bits per heavy atom. The summed E-state index contributed by atoms with van der Waals surface area (Å²) in [5, 5.41) is 12.3. The van der Waals surface area contributed by atoms with Gasteiger partial charge in [0, 0.05) is 44.1 Å². The Morgan fingerprint density at radius 1 is 1.06 bits per heavy atom. The van der Waals surface area contributed by atoms with Crippen LogP contribution in [0.5, 0.6) is 0 Å². The van der Waals surface area contributed by atoms with Crippen molar-refractivity contribution in [1.82, 2.24) is 4.65 Å². The zero-order chi connectivity index (χ0) is 25.6. The molecule has 2 amide bonds. The van der Waals surface area contributed by atoms with Gasteiger partial charge in [0.15, 0.2) is 5.69 Å². The first-order valence-corrected chi connectivity index (χ1v) is 11.9. The monoisotopic (exact) mass is 469 g/mol. The Labute approximate surface area is 204 Å². The van der Waals surface area contributed by atoms with Gasteiger partial charge in [-0.3, -0.25) is 4.90 Å². The molecule has 0 aliphatic rings. The number of nitrogens with zero attached hydrogens (tertiary/aromatic N) is 3. The van der Waals surface area contributed by atoms with E-state index in [0.29, 0.717) is 30.3 Å². The van der Waals surface area contributed by atoms with Gasteiger partial charge >= 0.3 is 12.2 Å². The van der Waals surface area contributed by atoms with Gasteiger partial charge in [-0.15, -0.1) is 0 Å². The van der Waals surface area contributed by atoms with E-state index in [4.69, 9.17) is 4.84 Å². The Balaban J connectivity index is 2.45. The highest BCUT2D eigenvalue weighted by molar-refractivity contribution is 5.90. The van der Waals surface area contributed by atoms with Crippen molar-refractivity contribution in [3.8, 4) is 0 Å². The molecule has 7 heteroatoms. The van der Waals surface area contributed by atoms with Gasteiger partial charge in [-0.05, 0) is 61.4 Å². The second-order valence-corrected chi connectivity index (χ2v) is 9.31. The number of hydroxylamine groups is 2. The molecule has 0 radical (unpaired) electrons. The van der Waals surface area contributed by atoms with Crippen LogP contribution in [0.4, 0.5) is 26.7 Å². The fourth-order valence-corrected chi connectivity index (χ4v) is 4.43. The third kappa shape index (κ3) is 5.89. The second-order valence-electron chi connectivity index (χ2n) is 9.31. The Kier molecular flexibility index (Phi) is 9.10. The number of quaternary nitrogens is 1. The molecule has 0 fully saturated rings. The predicted molar refractivity (Wildman–Crippen MR) is 137 cm³/mol. The van der Waals surface area contributed by atoms with Crippen molar-refractivity contribution >= 4 is 29.2 Å². The molecule has 0 N–H and O–H groups in total. The summed E-state index contributed by atoms with van der Waals surface area (Å²) in [6.45, 7) is 10.5. The van der Waals surface area contributed by atoms with Crippen LogP contribution in [-0.2, 0) is 4.84 Å². The van der Waals surface area contributed by atoms with Crippen molar-refractivity contribution in [2.24, 2.45) is 0 Å². The van der Waals surface area contributed by atoms with Crippen LogP contribution in [0.25, 0.3) is 0 Å². The molecule has 2 atom stereocenters. The minimum absolute atomic E-state index is 0.315. The third-order valence-electron chi connectivity index (χ3n) is 6.17. The molecule has 0 bridgehead atoms. The van der Waals surface area contributed by atoms with Crippen LogP contribution in [0.3, 0.4) is 0 Å². The normalized spacial score (nSPS) is 13.6. The number of hydrogen-bond donors (Lipinski definition) is 0. The number of carbonyl (C=O) groups is 2. The molecule has 2 unspecified atom stereocenters. The van der Waals surface area contributed by atoms with E-state index in [0.717, 1.165) is 35.2 Å². The quantitative estimate of drug-likeness (QED) is 0.376. The molecule has 2 aromatic carbocycles. The fraction of sp³-hybridized carbons (Fsp3) is 0.481. The Morgan fingerprint density at radius 2 is 1.68 bits per heavy atom. The van der Waals surface area contributed by atoms with Gasteiger partial charge in [-0.1, -0.05) is 44.0 Å². The maximum Gasteiger partial charge on any atom is 0.470 e. The Hall–Kier alpha value is -3.06. The highest BCUT2D eigenvalue weighted by atomic mass is 16.8. The van der Waals surface area contributed by atoms with Crippen molar-refractivity contribution in [2.75, 3.05) is 37.5 Å². The second kappa shape index (κ2) is 11.4. The average molecular weight is 470 g/mol. The van der Waals surface area contributed by atoms with Crippen LogP contribution in [0, 0.1) is 13.8 Å². The van der Waals surface area contributed by atoms with E-state index >= 15 is 0 Å². The molecule has 2 aromatic rings. The van der Waals surface area contributed by atoms with E-state index in [9.17, 15) is 14.7 Å². The highest BCUT2D eigenvalue weighted by Gasteiger charge is 2.37. The van der Waals surface area contributed by atoms with Crippen LogP contribution in [0.15, 0.2) is 36.4 Å². The topological polar surface area (TPSA) is 72.9 Å². The lowest BCUT2D eigenvalue weighted by molar-refractivity contribution is -0.285. The molecule has 2 rings (SSSR count). The molecule has 0 saturated heterocycles. The number of benzene rings is 2. The molecule has 34 heavy (non-hydrogen) atoms. The van der Waals surface area contributed by atoms with Gasteiger partial charge in [-0.2, -0.15) is 0 Å². The van der Waals surface area contributed by atoms with Crippen LogP contribution in [0.2, 0.25) is 0 Å². The number of anilines is 2. The summed E-state index contributed by atoms with van der Waals surface area (Å²) in [4.78, 5) is 34.8. The molecule has 0 saturated carbocycles. The van der Waals surface area contributed by atoms with Crippen LogP contribution in [-0.4, -0.2) is 39.9 Å². The lowest BCUT2D eigenvalue weighted by Crippen LogP contribution is -2.59. The number of carboxylic acid groups (broad SMARTS) is 1. The van der Waals surface area contributed by atoms with E-state index < -0.39 is 16.8 Å². The molecular weight excluding hydrogens is 430 g/mol. The van der Waals surface area contributed by atoms with Crippen molar-refractivity contribution in [2.45, 2.75) is 59.8 Å². The van der Waals surface area contributed by atoms with Gasteiger partial charge in [0.05, 0.1) is 0 Å². The van der Waals surface area contributed by atoms with E-state index in [2.05, 4.69) is 19.9 Å². The summed E-state index contributed by atoms with van der Waals surface area (Å²) < 4.78 is -1.11. The summed E-state index contributed by atoms with van der Waals surface area (Å²) in [6, 6.07) is 11.3. The third-order valence-corrected chi connectivity index (χ3v) is 6.17. The van der Waals surface area contributed by atoms with Crippen molar-refractivity contribution < 1.29 is 19.5 Å². The summed E-state index contributed by atoms with van der Waals surface area (Å²) in [7, 11) is 5.18. The van der Waals surface area contributed by atoms with Crippen molar-refractivity contribution in [1.29, 1.82) is 0 Å². The molecule has 7 nitrogen and oxygen atoms in total. The lowest BCUT2D eigenvalue weighted by atomic mass is 9.96. The lowest BCUT2D eigenvalue weighted by Gasteiger charge is -2.33. The van der Waals surface area contributed by atoms with Crippen LogP contribution >= 0.6 is 0 Å². The molecule has 0 aliphatic heterocycles. The first-order chi connectivity index (χ1) is 16.0. The largest absolute Gasteiger partial charge is 0.495 e. The maximum absolute atomic E-state index is 13.4. The molecule has 0 heterocycles. The number of hydrogen-bond acceptors (Lipinski definition) is 5. The van der Waals surface area contributed by atoms with E-state index in [1.807, 2.05) is 58.0 Å². The zero-order valence-electron chi connectivity index (χ0n) is 21.8. The molecular formula is C27H39N3O4. The summed E-state index contributed by atoms with van der Waals surface area (Å²) in [6.07, 6.45) is 0.545. The standard InChI is InChI=1S/C27H39N3O4/c1-9-12-19(3)22-13-11-14-23(18-22)29(15-10-2)26(31)34-30(8,27(32)33)24-16-20(4)25(28(6)7)21(5)17-24/h11,13-14,16-19H,9-10,12,15H2,1-8H3. The van der Waals surface area contributed by atoms with Gasteiger partial charge in [0.2, 0.25) is 0 Å². The Bertz CT molecular complexity index is 998. The van der Waals surface area contributed by atoms with Crippen molar-refractivity contribution in [3.63, 3.8) is 0 Å². The number of rotatable bonds is 8. The van der Waals surface area contributed by atoms with E-state index in [1.165, 1.54) is 11.9 Å². The number of aryl methyl sites for hydroxylation is 2. The molecule has 186 valence electrons. The minimum atomic E-state index is -1.52. The van der Waals surface area contributed by atoms with Gasteiger partial charge in [0.25, 0.3) is 0 Å². The SMILES string of the molecule is CCCC(C)c1cccc(N(CCC)C(=O)O[N+](C)(C(=O)[O-])c2cc(C)c(N(C)C)c(C)c2)c1. The summed E-state index contributed by atoms with van der Waals surface area (Å²) in [5.74, 6) is 0.356. The molecule has 0 spiro atoms. The first-order valence-electron chi connectivity index (χ1n) is 11.9. The molecule has 0 aromatic heterocycles. The first kappa shape index (κ1) is 27.2. The molecule has 0 aliphatic carbocycles. The predicted octanol–water partition coefficient (Wildman–Crippen LogP) is 5.52. The van der Waals surface area contributed by atoms with E-state index in [1.54, 1.807) is 12.1 Å². The smallest absolute Gasteiger partial charge is 0.470 e. The average Bonchev–Trinajstić information content (AvgIpc) is 2.76. The van der Waals surface area contributed by atoms with Gasteiger partial charge in [0.1, 0.15) is 7.05 Å². The van der Waals surface area contributed by atoms with Gasteiger partial charge in [-0.25, -0.2) is 9.63 Å². The number of carbonyl (C=O) groups excluding carboxylic acids is 2. The minimum Gasteiger partial charge on any atom is -0.495 e. The summed E-state index contributed by atoms with van der Waals surface area (Å²) in [5.41, 5.74) is 4.89. The fourth-order valence-electron chi connectivity index (χ4n) is 4.43. The van der Waals surface area contributed by atoms with Gasteiger partial charge < -0.3 is 14.8 Å².